The van der Waals surface area contributed by atoms with Crippen molar-refractivity contribution in [3.63, 3.8) is 0 Å². The molecule has 0 aromatic heterocycles. The minimum atomic E-state index is -1.26. The first kappa shape index (κ1) is 33.7. The zero-order chi connectivity index (χ0) is 28.5. The van der Waals surface area contributed by atoms with Gasteiger partial charge in [-0.2, -0.15) is 12.6 Å². The van der Waals surface area contributed by atoms with Crippen LogP contribution in [0.4, 0.5) is 0 Å². The van der Waals surface area contributed by atoms with Gasteiger partial charge in [0.1, 0.15) is 18.1 Å². The molecule has 4 atom stereocenters. The summed E-state index contributed by atoms with van der Waals surface area (Å²) in [6.07, 6.45) is 1.16. The normalized spacial score (nSPS) is 14.0. The van der Waals surface area contributed by atoms with Crippen LogP contribution in [0.2, 0.25) is 0 Å². The van der Waals surface area contributed by atoms with Crippen molar-refractivity contribution in [2.45, 2.75) is 70.1 Å². The van der Waals surface area contributed by atoms with Crippen molar-refractivity contribution < 1.29 is 24.3 Å². The quantitative estimate of drug-likeness (QED) is 0.0358. The molecule has 0 rings (SSSR count). The predicted octanol–water partition coefficient (Wildman–Crippen LogP) is -3.06. The Kier molecular flexibility index (Phi) is 16.5. The largest absolute Gasteiger partial charge is 0.480 e. The molecule has 0 radical (unpaired) electrons. The van der Waals surface area contributed by atoms with Gasteiger partial charge < -0.3 is 49.7 Å². The predicted molar refractivity (Wildman–Crippen MR) is 145 cm³/mol. The van der Waals surface area contributed by atoms with Crippen molar-refractivity contribution in [3.8, 4) is 0 Å². The third-order valence-corrected chi connectivity index (χ3v) is 5.38. The number of nitrogens with zero attached hydrogens (tertiary/aromatic N) is 2. The lowest BCUT2D eigenvalue weighted by molar-refractivity contribution is -0.142. The molecule has 14 N–H and O–H groups in total. The van der Waals surface area contributed by atoms with Crippen molar-refractivity contribution in [2.75, 3.05) is 18.8 Å². The number of nitrogens with two attached hydrogens (primary N) is 5. The summed E-state index contributed by atoms with van der Waals surface area (Å²) >= 11 is 4.13. The van der Waals surface area contributed by atoms with Crippen LogP contribution in [0.1, 0.15) is 46.0 Å². The number of carbonyl (C=O) groups is 4. The number of guanidine groups is 2. The van der Waals surface area contributed by atoms with Crippen LogP contribution in [0.15, 0.2) is 9.98 Å². The molecule has 16 heteroatoms. The smallest absolute Gasteiger partial charge is 0.326 e. The minimum Gasteiger partial charge on any atom is -0.480 e. The lowest BCUT2D eigenvalue weighted by atomic mass is 10.0. The van der Waals surface area contributed by atoms with Gasteiger partial charge in [0.15, 0.2) is 11.9 Å². The molecule has 0 aromatic rings. The van der Waals surface area contributed by atoms with E-state index in [1.54, 1.807) is 0 Å². The van der Waals surface area contributed by atoms with E-state index in [4.69, 9.17) is 28.7 Å². The molecule has 0 heterocycles. The van der Waals surface area contributed by atoms with Gasteiger partial charge >= 0.3 is 5.97 Å². The maximum Gasteiger partial charge on any atom is 0.326 e. The molecule has 15 nitrogen and oxygen atoms in total. The monoisotopic (exact) mass is 546 g/mol. The van der Waals surface area contributed by atoms with Crippen molar-refractivity contribution in [2.24, 2.45) is 44.6 Å². The summed E-state index contributed by atoms with van der Waals surface area (Å²) in [7, 11) is 0. The van der Waals surface area contributed by atoms with Gasteiger partial charge in [-0.3, -0.25) is 24.4 Å². The molecule has 0 aliphatic heterocycles. The van der Waals surface area contributed by atoms with Gasteiger partial charge in [0.05, 0.1) is 6.04 Å². The van der Waals surface area contributed by atoms with Gasteiger partial charge in [-0.05, 0) is 38.0 Å². The average molecular weight is 547 g/mol. The first-order valence-corrected chi connectivity index (χ1v) is 12.5. The van der Waals surface area contributed by atoms with Crippen LogP contribution < -0.4 is 44.6 Å². The van der Waals surface area contributed by atoms with Gasteiger partial charge in [-0.15, -0.1) is 0 Å². The van der Waals surface area contributed by atoms with Crippen LogP contribution >= 0.6 is 12.6 Å². The Balaban J connectivity index is 5.42. The fourth-order valence-corrected chi connectivity index (χ4v) is 3.42. The second-order valence-corrected chi connectivity index (χ2v) is 9.20. The summed E-state index contributed by atoms with van der Waals surface area (Å²) < 4.78 is 0. The molecule has 0 saturated carbocycles. The summed E-state index contributed by atoms with van der Waals surface area (Å²) in [5.41, 5.74) is 27.0. The standard InChI is InChI=1S/C21H42N10O5S/c1-11(2)9-12(22)16(32)31-15(10-37)18(34)29-13(5-3-7-27-20(23)24)17(33)30-14(19(35)36)6-4-8-28-21(25)26/h11-15,37H,3-10,22H2,1-2H3,(H,29,34)(H,30,33)(H,31,32)(H,35,36)(H4,23,24,27)(H4,25,26,28)/t12-,13-,14-,15-/m0/s1. The summed E-state index contributed by atoms with van der Waals surface area (Å²) in [6.45, 7) is 4.18. The van der Waals surface area contributed by atoms with E-state index in [2.05, 4.69) is 38.6 Å². The number of aliphatic imine (C=N–C) groups is 2. The van der Waals surface area contributed by atoms with Crippen LogP contribution in [0.3, 0.4) is 0 Å². The van der Waals surface area contributed by atoms with E-state index in [0.717, 1.165) is 0 Å². The third-order valence-electron chi connectivity index (χ3n) is 5.02. The number of hydrogen-bond acceptors (Lipinski definition) is 8. The number of rotatable bonds is 18. The Morgan fingerprint density at radius 1 is 0.784 bits per heavy atom. The van der Waals surface area contributed by atoms with Crippen molar-refractivity contribution in [1.82, 2.24) is 16.0 Å². The second kappa shape index (κ2) is 18.0. The molecule has 0 aromatic carbocycles. The fraction of sp³-hybridized carbons (Fsp3) is 0.714. The number of amides is 3. The lowest BCUT2D eigenvalue weighted by Gasteiger charge is -2.24. The van der Waals surface area contributed by atoms with Crippen LogP contribution in [-0.4, -0.2) is 83.7 Å². The van der Waals surface area contributed by atoms with Crippen LogP contribution in [0.5, 0.6) is 0 Å². The molecule has 0 saturated heterocycles. The van der Waals surface area contributed by atoms with Crippen molar-refractivity contribution in [1.29, 1.82) is 0 Å². The Labute approximate surface area is 222 Å². The topological polar surface area (TPSA) is 279 Å². The van der Waals surface area contributed by atoms with E-state index in [1.165, 1.54) is 0 Å². The highest BCUT2D eigenvalue weighted by Crippen LogP contribution is 2.06. The number of carbonyl (C=O) groups excluding carboxylic acids is 3. The highest BCUT2D eigenvalue weighted by atomic mass is 32.1. The maximum atomic E-state index is 13.0. The number of thiol groups is 1. The second-order valence-electron chi connectivity index (χ2n) is 8.84. The molecule has 0 bridgehead atoms. The number of aliphatic carboxylic acids is 1. The zero-order valence-corrected chi connectivity index (χ0v) is 22.2. The third kappa shape index (κ3) is 15.4. The van der Waals surface area contributed by atoms with E-state index >= 15 is 0 Å². The van der Waals surface area contributed by atoms with E-state index < -0.39 is 47.9 Å². The van der Waals surface area contributed by atoms with E-state index in [1.807, 2.05) is 13.8 Å². The summed E-state index contributed by atoms with van der Waals surface area (Å²) in [4.78, 5) is 57.5. The van der Waals surface area contributed by atoms with Crippen molar-refractivity contribution in [3.05, 3.63) is 0 Å². The van der Waals surface area contributed by atoms with Crippen LogP contribution in [0, 0.1) is 5.92 Å². The molecule has 0 unspecified atom stereocenters. The maximum absolute atomic E-state index is 13.0. The number of hydrogen-bond donors (Lipinski definition) is 10. The molecule has 0 fully saturated rings. The molecule has 3 amide bonds. The van der Waals surface area contributed by atoms with E-state index in [-0.39, 0.29) is 49.5 Å². The molecule has 37 heavy (non-hydrogen) atoms. The SMILES string of the molecule is CC(C)C[C@H](N)C(=O)N[C@@H](CS)C(=O)N[C@@H](CCCN=C(N)N)C(=O)N[C@@H](CCCN=C(N)N)C(=O)O. The first-order valence-electron chi connectivity index (χ1n) is 11.9. The summed E-state index contributed by atoms with van der Waals surface area (Å²) in [5.74, 6) is -3.34. The molecule has 0 aliphatic carbocycles. The van der Waals surface area contributed by atoms with Gasteiger partial charge in [0.2, 0.25) is 17.7 Å². The zero-order valence-electron chi connectivity index (χ0n) is 21.4. The van der Waals surface area contributed by atoms with Gasteiger partial charge in [0.25, 0.3) is 0 Å². The summed E-state index contributed by atoms with van der Waals surface area (Å²) in [5, 5.41) is 17.0. The van der Waals surface area contributed by atoms with E-state index in [0.29, 0.717) is 19.3 Å². The molecule has 0 aliphatic rings. The van der Waals surface area contributed by atoms with E-state index in [9.17, 15) is 24.3 Å². The first-order chi connectivity index (χ1) is 17.3. The molecule has 0 spiro atoms. The van der Waals surface area contributed by atoms with Crippen LogP contribution in [0.25, 0.3) is 0 Å². The minimum absolute atomic E-state index is 0.0512. The van der Waals surface area contributed by atoms with Crippen LogP contribution in [-0.2, 0) is 19.2 Å². The van der Waals surface area contributed by atoms with Gasteiger partial charge in [-0.1, -0.05) is 13.8 Å². The molecular formula is C21H42N10O5S. The van der Waals surface area contributed by atoms with Crippen molar-refractivity contribution >= 4 is 48.2 Å². The Morgan fingerprint density at radius 3 is 1.65 bits per heavy atom. The Hall–Kier alpha value is -3.27. The highest BCUT2D eigenvalue weighted by molar-refractivity contribution is 7.80. The Bertz CT molecular complexity index is 816. The van der Waals surface area contributed by atoms with Gasteiger partial charge in [0, 0.05) is 18.8 Å². The lowest BCUT2D eigenvalue weighted by Crippen LogP contribution is -2.57. The number of carboxylic acid groups (broad SMARTS) is 1. The van der Waals surface area contributed by atoms with Gasteiger partial charge in [-0.25, -0.2) is 4.79 Å². The molecule has 212 valence electrons. The fourth-order valence-electron chi connectivity index (χ4n) is 3.17. The number of nitrogens with one attached hydrogen (secondary N) is 3. The molecular weight excluding hydrogens is 504 g/mol. The highest BCUT2D eigenvalue weighted by Gasteiger charge is 2.29. The average Bonchev–Trinajstić information content (AvgIpc) is 2.79. The summed E-state index contributed by atoms with van der Waals surface area (Å²) in [6, 6.07) is -4.26. The number of carboxylic acids is 1. The Morgan fingerprint density at radius 2 is 1.22 bits per heavy atom.